The lowest BCUT2D eigenvalue weighted by molar-refractivity contribution is -0.140. The Morgan fingerprint density at radius 2 is 2.00 bits per heavy atom. The standard InChI is InChI=1S/C18H24N2O2/c1-19(2)11-6-12-20-16(21)13-18(17(20)22)10-5-8-14-7-3-4-9-15(14)18/h3-4,7,9H,5-6,8,10-13H2,1-2H3. The smallest absolute Gasteiger partial charge is 0.240 e. The van der Waals surface area contributed by atoms with Gasteiger partial charge in [0.15, 0.2) is 0 Å². The highest BCUT2D eigenvalue weighted by Gasteiger charge is 2.53. The van der Waals surface area contributed by atoms with E-state index in [1.54, 1.807) is 0 Å². The van der Waals surface area contributed by atoms with Crippen LogP contribution < -0.4 is 0 Å². The van der Waals surface area contributed by atoms with E-state index in [1.165, 1.54) is 10.5 Å². The van der Waals surface area contributed by atoms with Crippen LogP contribution in [-0.4, -0.2) is 48.8 Å². The van der Waals surface area contributed by atoms with Gasteiger partial charge < -0.3 is 4.90 Å². The quantitative estimate of drug-likeness (QED) is 0.798. The van der Waals surface area contributed by atoms with Gasteiger partial charge in [0.2, 0.25) is 11.8 Å². The Bertz CT molecular complexity index is 597. The van der Waals surface area contributed by atoms with Crippen LogP contribution in [0.2, 0.25) is 0 Å². The average Bonchev–Trinajstić information content (AvgIpc) is 2.72. The third kappa shape index (κ3) is 2.45. The van der Waals surface area contributed by atoms with Crippen molar-refractivity contribution in [3.8, 4) is 0 Å². The number of nitrogens with zero attached hydrogens (tertiary/aromatic N) is 2. The van der Waals surface area contributed by atoms with Crippen LogP contribution in [0.3, 0.4) is 0 Å². The van der Waals surface area contributed by atoms with Crippen molar-refractivity contribution in [2.75, 3.05) is 27.2 Å². The minimum atomic E-state index is -0.579. The summed E-state index contributed by atoms with van der Waals surface area (Å²) in [6.07, 6.45) is 3.99. The predicted molar refractivity (Wildman–Crippen MR) is 85.6 cm³/mol. The summed E-state index contributed by atoms with van der Waals surface area (Å²) >= 11 is 0. The largest absolute Gasteiger partial charge is 0.309 e. The molecule has 0 radical (unpaired) electrons. The van der Waals surface area contributed by atoms with Gasteiger partial charge >= 0.3 is 0 Å². The van der Waals surface area contributed by atoms with Gasteiger partial charge in [0.1, 0.15) is 0 Å². The minimum absolute atomic E-state index is 0.000425. The van der Waals surface area contributed by atoms with Crippen LogP contribution in [0.25, 0.3) is 0 Å². The second-order valence-corrected chi connectivity index (χ2v) is 6.78. The van der Waals surface area contributed by atoms with Crippen molar-refractivity contribution in [3.05, 3.63) is 35.4 Å². The SMILES string of the molecule is CN(C)CCCN1C(=O)CC2(CCCc3ccccc32)C1=O. The lowest BCUT2D eigenvalue weighted by atomic mass is 9.69. The Labute approximate surface area is 132 Å². The Morgan fingerprint density at radius 1 is 1.23 bits per heavy atom. The molecule has 3 rings (SSSR count). The third-order valence-electron chi connectivity index (χ3n) is 4.98. The number of benzene rings is 1. The van der Waals surface area contributed by atoms with E-state index >= 15 is 0 Å². The Kier molecular flexibility index (Phi) is 4.04. The van der Waals surface area contributed by atoms with Crippen LogP contribution >= 0.6 is 0 Å². The van der Waals surface area contributed by atoms with E-state index in [2.05, 4.69) is 11.0 Å². The molecule has 1 aliphatic carbocycles. The number of carbonyl (C=O) groups is 2. The molecule has 0 N–H and O–H groups in total. The molecule has 1 aromatic carbocycles. The molecule has 2 aliphatic rings. The second kappa shape index (κ2) is 5.84. The van der Waals surface area contributed by atoms with Crippen LogP contribution in [0.1, 0.15) is 36.8 Å². The molecule has 22 heavy (non-hydrogen) atoms. The normalized spacial score (nSPS) is 24.4. The van der Waals surface area contributed by atoms with Crippen molar-refractivity contribution < 1.29 is 9.59 Å². The molecular formula is C18H24N2O2. The first-order chi connectivity index (χ1) is 10.5. The van der Waals surface area contributed by atoms with Crippen LogP contribution in [0.15, 0.2) is 24.3 Å². The summed E-state index contributed by atoms with van der Waals surface area (Å²) < 4.78 is 0. The van der Waals surface area contributed by atoms with Gasteiger partial charge in [-0.1, -0.05) is 24.3 Å². The van der Waals surface area contributed by atoms with E-state index in [4.69, 9.17) is 0 Å². The fourth-order valence-electron chi connectivity index (χ4n) is 3.90. The van der Waals surface area contributed by atoms with Gasteiger partial charge in [-0.15, -0.1) is 0 Å². The van der Waals surface area contributed by atoms with E-state index in [9.17, 15) is 9.59 Å². The van der Waals surface area contributed by atoms with Crippen LogP contribution in [0.5, 0.6) is 0 Å². The van der Waals surface area contributed by atoms with Crippen LogP contribution in [-0.2, 0) is 21.4 Å². The number of hydrogen-bond acceptors (Lipinski definition) is 3. The summed E-state index contributed by atoms with van der Waals surface area (Å²) in [7, 11) is 4.01. The van der Waals surface area contributed by atoms with Crippen molar-refractivity contribution in [3.63, 3.8) is 0 Å². The first-order valence-electron chi connectivity index (χ1n) is 8.12. The molecular weight excluding hydrogens is 276 g/mol. The molecule has 1 saturated heterocycles. The summed E-state index contributed by atoms with van der Waals surface area (Å²) in [5.74, 6) is 0.0314. The highest BCUT2D eigenvalue weighted by atomic mass is 16.2. The topological polar surface area (TPSA) is 40.6 Å². The molecule has 1 heterocycles. The number of aryl methyl sites for hydroxylation is 1. The highest BCUT2D eigenvalue weighted by Crippen LogP contribution is 2.45. The summed E-state index contributed by atoms with van der Waals surface area (Å²) in [6.45, 7) is 1.43. The number of likely N-dealkylation sites (tertiary alicyclic amines) is 1. The van der Waals surface area contributed by atoms with Crippen molar-refractivity contribution >= 4 is 11.8 Å². The monoisotopic (exact) mass is 300 g/mol. The molecule has 1 unspecified atom stereocenters. The van der Waals surface area contributed by atoms with E-state index in [-0.39, 0.29) is 11.8 Å². The first kappa shape index (κ1) is 15.2. The number of carbonyl (C=O) groups excluding carboxylic acids is 2. The molecule has 1 aromatic rings. The van der Waals surface area contributed by atoms with E-state index in [0.717, 1.165) is 37.8 Å². The van der Waals surface area contributed by atoms with Gasteiger partial charge in [-0.2, -0.15) is 0 Å². The molecule has 4 heteroatoms. The van der Waals surface area contributed by atoms with Crippen molar-refractivity contribution in [1.82, 2.24) is 9.80 Å². The Hall–Kier alpha value is -1.68. The lowest BCUT2D eigenvalue weighted by Gasteiger charge is -2.33. The fraction of sp³-hybridized carbons (Fsp3) is 0.556. The number of hydrogen-bond donors (Lipinski definition) is 0. The van der Waals surface area contributed by atoms with Gasteiger partial charge in [0.05, 0.1) is 5.41 Å². The number of rotatable bonds is 4. The van der Waals surface area contributed by atoms with Crippen LogP contribution in [0.4, 0.5) is 0 Å². The molecule has 1 spiro atoms. The number of fused-ring (bicyclic) bond motifs is 2. The van der Waals surface area contributed by atoms with Gasteiger partial charge in [0, 0.05) is 13.0 Å². The number of amides is 2. The Balaban J connectivity index is 1.85. The third-order valence-corrected chi connectivity index (χ3v) is 4.98. The lowest BCUT2D eigenvalue weighted by Crippen LogP contribution is -2.41. The minimum Gasteiger partial charge on any atom is -0.309 e. The summed E-state index contributed by atoms with van der Waals surface area (Å²) in [4.78, 5) is 29.0. The molecule has 118 valence electrons. The molecule has 0 bridgehead atoms. The summed E-state index contributed by atoms with van der Waals surface area (Å²) in [6, 6.07) is 8.15. The molecule has 2 amide bonds. The molecule has 0 aromatic heterocycles. The molecule has 4 nitrogen and oxygen atoms in total. The Morgan fingerprint density at radius 3 is 2.77 bits per heavy atom. The molecule has 1 aliphatic heterocycles. The molecule has 1 atom stereocenters. The second-order valence-electron chi connectivity index (χ2n) is 6.78. The van der Waals surface area contributed by atoms with Crippen LogP contribution in [0, 0.1) is 0 Å². The van der Waals surface area contributed by atoms with E-state index < -0.39 is 5.41 Å². The van der Waals surface area contributed by atoms with Crippen molar-refractivity contribution in [1.29, 1.82) is 0 Å². The zero-order valence-corrected chi connectivity index (χ0v) is 13.5. The summed E-state index contributed by atoms with van der Waals surface area (Å²) in [5, 5.41) is 0. The maximum atomic E-state index is 13.0. The zero-order valence-electron chi connectivity index (χ0n) is 13.5. The number of imide groups is 1. The maximum absolute atomic E-state index is 13.0. The van der Waals surface area contributed by atoms with Gasteiger partial charge in [-0.05, 0) is 57.5 Å². The van der Waals surface area contributed by atoms with E-state index in [0.29, 0.717) is 13.0 Å². The summed E-state index contributed by atoms with van der Waals surface area (Å²) in [5.41, 5.74) is 1.75. The van der Waals surface area contributed by atoms with Crippen molar-refractivity contribution in [2.24, 2.45) is 0 Å². The average molecular weight is 300 g/mol. The first-order valence-corrected chi connectivity index (χ1v) is 8.12. The van der Waals surface area contributed by atoms with Crippen molar-refractivity contribution in [2.45, 2.75) is 37.5 Å². The molecule has 1 fully saturated rings. The zero-order chi connectivity index (χ0) is 15.7. The highest BCUT2D eigenvalue weighted by molar-refractivity contribution is 6.09. The fourth-order valence-corrected chi connectivity index (χ4v) is 3.90. The molecule has 0 saturated carbocycles. The van der Waals surface area contributed by atoms with Gasteiger partial charge in [-0.3, -0.25) is 14.5 Å². The predicted octanol–water partition coefficient (Wildman–Crippen LogP) is 1.97. The van der Waals surface area contributed by atoms with E-state index in [1.807, 2.05) is 32.3 Å². The van der Waals surface area contributed by atoms with Gasteiger partial charge in [0.25, 0.3) is 0 Å². The van der Waals surface area contributed by atoms with Gasteiger partial charge in [-0.25, -0.2) is 0 Å². The maximum Gasteiger partial charge on any atom is 0.240 e.